The average Bonchev–Trinajstić information content (AvgIpc) is 3.24. The fourth-order valence-corrected chi connectivity index (χ4v) is 4.37. The number of amides is 1. The zero-order valence-corrected chi connectivity index (χ0v) is 24.7. The van der Waals surface area contributed by atoms with Gasteiger partial charge in [0.15, 0.2) is 18.5 Å². The molecule has 0 radical (unpaired) electrons. The molecule has 2 N–H and O–H groups in total. The fraction of sp³-hybridized carbons (Fsp3) is 0.690. The molecule has 0 aromatic carbocycles. The summed E-state index contributed by atoms with van der Waals surface area (Å²) in [4.78, 5) is 49.7. The molecule has 1 unspecified atom stereocenters. The molecule has 4 atom stereocenters. The molecule has 1 aliphatic heterocycles. The van der Waals surface area contributed by atoms with Gasteiger partial charge in [-0.1, -0.05) is 59.3 Å². The number of halogens is 1. The Labute approximate surface area is 243 Å². The quantitative estimate of drug-likeness (QED) is 0.117. The van der Waals surface area contributed by atoms with Gasteiger partial charge < -0.3 is 37.1 Å². The van der Waals surface area contributed by atoms with Crippen LogP contribution in [0.1, 0.15) is 114 Å². The number of carbonyl (C=O) groups excluding carboxylic acids is 4. The third-order valence-electron chi connectivity index (χ3n) is 6.58. The molecule has 11 heteroatoms. The SMILES string of the molecule is CCCCCC(=O)OCC1O[C@@H]([n+]2cccc(C(N)=O)c2)[C@H](OC(=O)CCCCC)[C@@H]1OC(=O)CCCCC.[Cl-]. The number of rotatable bonds is 18. The Morgan fingerprint density at radius 3 is 1.88 bits per heavy atom. The number of hydrogen-bond acceptors (Lipinski definition) is 8. The highest BCUT2D eigenvalue weighted by Crippen LogP contribution is 2.32. The molecule has 2 heterocycles. The fourth-order valence-electron chi connectivity index (χ4n) is 4.37. The number of nitrogens with two attached hydrogens (primary N) is 1. The van der Waals surface area contributed by atoms with Crippen LogP contribution in [-0.4, -0.2) is 48.7 Å². The van der Waals surface area contributed by atoms with Crippen LogP contribution in [0.3, 0.4) is 0 Å². The van der Waals surface area contributed by atoms with Crippen LogP contribution in [-0.2, 0) is 33.3 Å². The minimum Gasteiger partial charge on any atom is -1.00 e. The maximum absolute atomic E-state index is 12.8. The normalized spacial score (nSPS) is 19.9. The van der Waals surface area contributed by atoms with E-state index in [2.05, 4.69) is 0 Å². The molecular weight excluding hydrogens is 540 g/mol. The van der Waals surface area contributed by atoms with Crippen molar-refractivity contribution < 1.29 is 55.1 Å². The van der Waals surface area contributed by atoms with E-state index < -0.39 is 42.4 Å². The largest absolute Gasteiger partial charge is 1.00 e. The predicted molar refractivity (Wildman–Crippen MR) is 142 cm³/mol. The summed E-state index contributed by atoms with van der Waals surface area (Å²) in [5.74, 6) is -1.90. The third kappa shape index (κ3) is 11.8. The molecular formula is C29H45ClN2O8. The molecule has 40 heavy (non-hydrogen) atoms. The maximum Gasteiger partial charge on any atom is 0.306 e. The molecule has 1 amide bonds. The summed E-state index contributed by atoms with van der Waals surface area (Å²) in [6.45, 7) is 5.95. The molecule has 0 saturated carbocycles. The van der Waals surface area contributed by atoms with Crippen molar-refractivity contribution in [1.29, 1.82) is 0 Å². The first-order chi connectivity index (χ1) is 18.8. The smallest absolute Gasteiger partial charge is 0.306 e. The number of aromatic nitrogens is 1. The van der Waals surface area contributed by atoms with Gasteiger partial charge in [-0.2, -0.15) is 4.57 Å². The Hall–Kier alpha value is -2.72. The zero-order chi connectivity index (χ0) is 28.6. The topological polar surface area (TPSA) is 135 Å². The molecule has 0 aliphatic carbocycles. The van der Waals surface area contributed by atoms with Gasteiger partial charge in [-0.05, 0) is 25.3 Å². The van der Waals surface area contributed by atoms with Gasteiger partial charge in [-0.25, -0.2) is 0 Å². The molecule has 10 nitrogen and oxygen atoms in total. The van der Waals surface area contributed by atoms with Crippen LogP contribution in [0.15, 0.2) is 24.5 Å². The van der Waals surface area contributed by atoms with Crippen molar-refractivity contribution >= 4 is 23.8 Å². The minimum atomic E-state index is -1.02. The number of nitrogens with zero attached hydrogens (tertiary/aromatic N) is 1. The Morgan fingerprint density at radius 1 is 0.825 bits per heavy atom. The van der Waals surface area contributed by atoms with E-state index in [1.165, 1.54) is 6.20 Å². The first-order valence-corrected chi connectivity index (χ1v) is 14.3. The van der Waals surface area contributed by atoms with Crippen LogP contribution in [0.4, 0.5) is 0 Å². The number of carbonyl (C=O) groups is 4. The van der Waals surface area contributed by atoms with Gasteiger partial charge in [0.2, 0.25) is 6.10 Å². The van der Waals surface area contributed by atoms with Gasteiger partial charge in [-0.15, -0.1) is 0 Å². The highest BCUT2D eigenvalue weighted by Gasteiger charge is 2.55. The predicted octanol–water partition coefficient (Wildman–Crippen LogP) is 1.08. The summed E-state index contributed by atoms with van der Waals surface area (Å²) in [5.41, 5.74) is 5.70. The number of hydrogen-bond donors (Lipinski definition) is 1. The van der Waals surface area contributed by atoms with Crippen molar-refractivity contribution in [1.82, 2.24) is 0 Å². The van der Waals surface area contributed by atoms with Crippen molar-refractivity contribution in [2.75, 3.05) is 6.61 Å². The minimum absolute atomic E-state index is 0. The Bertz CT molecular complexity index is 944. The third-order valence-corrected chi connectivity index (χ3v) is 6.58. The molecule has 1 aromatic heterocycles. The Morgan fingerprint density at radius 2 is 1.35 bits per heavy atom. The molecule has 0 bridgehead atoms. The lowest BCUT2D eigenvalue weighted by atomic mass is 10.1. The van der Waals surface area contributed by atoms with E-state index in [4.69, 9.17) is 24.7 Å². The van der Waals surface area contributed by atoms with Crippen molar-refractivity contribution in [3.05, 3.63) is 30.1 Å². The zero-order valence-electron chi connectivity index (χ0n) is 24.0. The summed E-state index contributed by atoms with van der Waals surface area (Å²) in [6.07, 6.45) is 7.57. The monoisotopic (exact) mass is 584 g/mol. The van der Waals surface area contributed by atoms with Crippen LogP contribution in [0.5, 0.6) is 0 Å². The number of pyridine rings is 1. The molecule has 0 spiro atoms. The first-order valence-electron chi connectivity index (χ1n) is 14.3. The lowest BCUT2D eigenvalue weighted by molar-refractivity contribution is -0.765. The van der Waals surface area contributed by atoms with E-state index in [0.29, 0.717) is 19.3 Å². The molecule has 1 fully saturated rings. The van der Waals surface area contributed by atoms with Crippen LogP contribution >= 0.6 is 0 Å². The lowest BCUT2D eigenvalue weighted by Gasteiger charge is -2.23. The number of ether oxygens (including phenoxy) is 4. The van der Waals surface area contributed by atoms with E-state index in [1.807, 2.05) is 20.8 Å². The van der Waals surface area contributed by atoms with E-state index in [9.17, 15) is 19.2 Å². The Kier molecular flexibility index (Phi) is 17.1. The number of esters is 3. The molecule has 1 aliphatic rings. The van der Waals surface area contributed by atoms with Crippen LogP contribution in [0, 0.1) is 0 Å². The van der Waals surface area contributed by atoms with Crippen LogP contribution in [0.25, 0.3) is 0 Å². The highest BCUT2D eigenvalue weighted by molar-refractivity contribution is 5.92. The van der Waals surface area contributed by atoms with Gasteiger partial charge >= 0.3 is 24.1 Å². The summed E-state index contributed by atoms with van der Waals surface area (Å²) in [5, 5.41) is 0. The standard InChI is InChI=1S/C29H44N2O8.ClH/c1-4-7-10-15-23(32)36-20-22-26(38-24(33)16-11-8-5-2)27(39-25(34)17-12-9-6-3)29(37-22)31-18-13-14-21(19-31)28(30)35;/h13-14,18-19,22,26-27,29H,4-12,15-17,20H2,1-3H3,(H-,30,35);1H/t22?,26-,27-,29-;/m1./s1. The summed E-state index contributed by atoms with van der Waals surface area (Å²) in [7, 11) is 0. The van der Waals surface area contributed by atoms with Gasteiger partial charge in [0.1, 0.15) is 18.3 Å². The van der Waals surface area contributed by atoms with E-state index in [0.717, 1.165) is 38.5 Å². The summed E-state index contributed by atoms with van der Waals surface area (Å²) >= 11 is 0. The van der Waals surface area contributed by atoms with Crippen molar-refractivity contribution in [3.63, 3.8) is 0 Å². The second-order valence-electron chi connectivity index (χ2n) is 9.93. The molecule has 1 aromatic rings. The van der Waals surface area contributed by atoms with Crippen molar-refractivity contribution in [3.8, 4) is 0 Å². The van der Waals surface area contributed by atoms with Gasteiger partial charge in [0.25, 0.3) is 5.91 Å². The van der Waals surface area contributed by atoms with E-state index in [1.54, 1.807) is 22.9 Å². The Balaban J connectivity index is 0.00000800. The van der Waals surface area contributed by atoms with Gasteiger partial charge in [-0.3, -0.25) is 19.2 Å². The van der Waals surface area contributed by atoms with E-state index in [-0.39, 0.29) is 49.8 Å². The molecule has 226 valence electrons. The number of unbranched alkanes of at least 4 members (excludes halogenated alkanes) is 6. The molecule has 1 saturated heterocycles. The maximum atomic E-state index is 12.8. The number of primary amides is 1. The van der Waals surface area contributed by atoms with Crippen LogP contribution in [0.2, 0.25) is 0 Å². The second-order valence-corrected chi connectivity index (χ2v) is 9.93. The van der Waals surface area contributed by atoms with Crippen LogP contribution < -0.4 is 22.7 Å². The highest BCUT2D eigenvalue weighted by atomic mass is 35.5. The lowest BCUT2D eigenvalue weighted by Crippen LogP contribution is -3.00. The average molecular weight is 585 g/mol. The molecule has 2 rings (SSSR count). The first kappa shape index (κ1) is 35.3. The van der Waals surface area contributed by atoms with Crippen molar-refractivity contribution in [2.45, 2.75) is 122 Å². The van der Waals surface area contributed by atoms with E-state index >= 15 is 0 Å². The summed E-state index contributed by atoms with van der Waals surface area (Å²) in [6, 6.07) is 3.18. The van der Waals surface area contributed by atoms with Gasteiger partial charge in [0, 0.05) is 25.3 Å². The summed E-state index contributed by atoms with van der Waals surface area (Å²) < 4.78 is 25.0. The van der Waals surface area contributed by atoms with Crippen molar-refractivity contribution in [2.24, 2.45) is 5.73 Å². The van der Waals surface area contributed by atoms with Gasteiger partial charge in [0.05, 0.1) is 0 Å². The second kappa shape index (κ2) is 19.4.